The molecule has 2 heterocycles. The van der Waals surface area contributed by atoms with Gasteiger partial charge in [0.1, 0.15) is 19.0 Å². The van der Waals surface area contributed by atoms with Gasteiger partial charge in [-0.25, -0.2) is 15.0 Å². The molecule has 0 aromatic carbocycles. The highest BCUT2D eigenvalue weighted by molar-refractivity contribution is 7.53. The smallest absolute Gasteiger partial charge is 0.356 e. The van der Waals surface area contributed by atoms with E-state index in [1.807, 2.05) is 0 Å². The van der Waals surface area contributed by atoms with Crippen molar-refractivity contribution in [3.05, 3.63) is 12.7 Å². The van der Waals surface area contributed by atoms with Gasteiger partial charge >= 0.3 is 7.60 Å². The number of fused-ring (bicyclic) bond motifs is 1. The maximum Gasteiger partial charge on any atom is 0.356 e. The van der Waals surface area contributed by atoms with Gasteiger partial charge in [0.15, 0.2) is 25.8 Å². The third-order valence-corrected chi connectivity index (χ3v) is 11.5. The van der Waals surface area contributed by atoms with Crippen molar-refractivity contribution in [1.29, 1.82) is 0 Å². The molecular formula is C19H36N5O6PSi. The topological polar surface area (TPSA) is 133 Å². The second-order valence-corrected chi connectivity index (χ2v) is 15.6. The van der Waals surface area contributed by atoms with Crippen LogP contribution in [0.1, 0.15) is 34.6 Å². The fourth-order valence-corrected chi connectivity index (χ4v) is 4.87. The van der Waals surface area contributed by atoms with E-state index in [9.17, 15) is 4.57 Å². The van der Waals surface area contributed by atoms with E-state index in [1.54, 1.807) is 13.8 Å². The minimum Gasteiger partial charge on any atom is -0.413 e. The first-order valence-electron chi connectivity index (χ1n) is 10.6. The van der Waals surface area contributed by atoms with Crippen molar-refractivity contribution in [1.82, 2.24) is 19.7 Å². The van der Waals surface area contributed by atoms with Crippen LogP contribution in [0, 0.1) is 0 Å². The minimum absolute atomic E-state index is 0.0292. The van der Waals surface area contributed by atoms with Crippen molar-refractivity contribution in [2.24, 2.45) is 0 Å². The van der Waals surface area contributed by atoms with E-state index in [1.165, 1.54) is 17.4 Å². The van der Waals surface area contributed by atoms with Crippen molar-refractivity contribution in [3.63, 3.8) is 0 Å². The van der Waals surface area contributed by atoms with E-state index in [2.05, 4.69) is 48.8 Å². The van der Waals surface area contributed by atoms with Gasteiger partial charge in [-0.1, -0.05) is 20.8 Å². The molecule has 11 nitrogen and oxygen atoms in total. The maximum absolute atomic E-state index is 12.7. The van der Waals surface area contributed by atoms with Gasteiger partial charge in [-0.15, -0.1) is 0 Å². The highest BCUT2D eigenvalue weighted by Crippen LogP contribution is 2.47. The quantitative estimate of drug-likeness (QED) is 0.329. The van der Waals surface area contributed by atoms with Crippen LogP contribution in [0.15, 0.2) is 12.7 Å². The maximum atomic E-state index is 12.7. The first kappa shape index (κ1) is 26.7. The van der Waals surface area contributed by atoms with E-state index < -0.39 is 22.0 Å². The molecule has 0 amide bonds. The number of rotatable bonds is 13. The van der Waals surface area contributed by atoms with Gasteiger partial charge in [0.25, 0.3) is 0 Å². The Morgan fingerprint density at radius 3 is 2.38 bits per heavy atom. The summed E-state index contributed by atoms with van der Waals surface area (Å²) < 4.78 is 36.7. The lowest BCUT2D eigenvalue weighted by atomic mass is 10.2. The SMILES string of the molecule is CCOP(=O)(COCC(CO[Si](C)(C)C(C)(C)C)On1cnc2c(N)ncnc21)OCC. The van der Waals surface area contributed by atoms with Crippen LogP contribution in [-0.2, 0) is 22.8 Å². The molecule has 0 bridgehead atoms. The van der Waals surface area contributed by atoms with Gasteiger partial charge in [0, 0.05) is 0 Å². The number of ether oxygens (including phenoxy) is 1. The molecule has 182 valence electrons. The molecule has 0 aliphatic heterocycles. The van der Waals surface area contributed by atoms with Crippen molar-refractivity contribution in [3.8, 4) is 0 Å². The predicted octanol–water partition coefficient (Wildman–Crippen LogP) is 3.47. The molecule has 1 atom stereocenters. The standard InChI is InChI=1S/C19H36N5O6PSi/c1-8-27-31(25,28-9-2)14-26-10-15(11-29-32(6,7)19(3,4)5)30-24-13-23-16-17(20)21-12-22-18(16)24/h12-13,15H,8-11,14H2,1-7H3,(H2,20,21,22). The summed E-state index contributed by atoms with van der Waals surface area (Å²) in [5.74, 6) is 0.261. The van der Waals surface area contributed by atoms with Gasteiger partial charge in [-0.3, -0.25) is 4.57 Å². The van der Waals surface area contributed by atoms with Gasteiger partial charge < -0.3 is 28.8 Å². The van der Waals surface area contributed by atoms with Crippen molar-refractivity contribution >= 4 is 32.9 Å². The summed E-state index contributed by atoms with van der Waals surface area (Å²) in [6.45, 7) is 15.2. The third kappa shape index (κ3) is 6.97. The number of aromatic nitrogens is 4. The van der Waals surface area contributed by atoms with E-state index in [0.29, 0.717) is 11.2 Å². The Hall–Kier alpha value is -1.56. The second kappa shape index (κ2) is 11.0. The number of imidazole rings is 1. The number of hydrogen-bond donors (Lipinski definition) is 1. The molecule has 32 heavy (non-hydrogen) atoms. The Kier molecular flexibility index (Phi) is 9.21. The zero-order valence-electron chi connectivity index (χ0n) is 20.0. The Labute approximate surface area is 190 Å². The lowest BCUT2D eigenvalue weighted by Crippen LogP contribution is -2.45. The molecule has 2 aromatic rings. The second-order valence-electron chi connectivity index (χ2n) is 8.75. The molecule has 0 radical (unpaired) electrons. The molecule has 13 heteroatoms. The molecule has 0 aliphatic rings. The number of hydrogen-bond acceptors (Lipinski definition) is 10. The van der Waals surface area contributed by atoms with Gasteiger partial charge in [0.05, 0.1) is 26.4 Å². The van der Waals surface area contributed by atoms with E-state index in [-0.39, 0.29) is 43.6 Å². The first-order chi connectivity index (χ1) is 14.9. The van der Waals surface area contributed by atoms with Gasteiger partial charge in [-0.2, -0.15) is 4.73 Å². The van der Waals surface area contributed by atoms with Crippen LogP contribution in [-0.4, -0.2) is 66.9 Å². The van der Waals surface area contributed by atoms with Crippen molar-refractivity contribution < 1.29 is 27.6 Å². The zero-order valence-corrected chi connectivity index (χ0v) is 21.9. The van der Waals surface area contributed by atoms with E-state index in [0.717, 1.165) is 0 Å². The Bertz CT molecular complexity index is 909. The Balaban J connectivity index is 2.15. The van der Waals surface area contributed by atoms with Crippen LogP contribution >= 0.6 is 7.60 Å². The third-order valence-electron chi connectivity index (χ3n) is 5.24. The molecule has 0 aliphatic carbocycles. The molecular weight excluding hydrogens is 453 g/mol. The highest BCUT2D eigenvalue weighted by Gasteiger charge is 2.38. The summed E-state index contributed by atoms with van der Waals surface area (Å²) >= 11 is 0. The van der Waals surface area contributed by atoms with Crippen LogP contribution < -0.4 is 10.6 Å². The lowest BCUT2D eigenvalue weighted by Gasteiger charge is -2.37. The summed E-state index contributed by atoms with van der Waals surface area (Å²) in [7, 11) is -5.38. The summed E-state index contributed by atoms with van der Waals surface area (Å²) in [6.07, 6.45) is 2.10. The molecule has 0 spiro atoms. The van der Waals surface area contributed by atoms with Crippen LogP contribution in [0.5, 0.6) is 0 Å². The fraction of sp³-hybridized carbons (Fsp3) is 0.737. The zero-order chi connectivity index (χ0) is 24.0. The first-order valence-corrected chi connectivity index (χ1v) is 15.3. The van der Waals surface area contributed by atoms with Gasteiger partial charge in [-0.05, 0) is 32.0 Å². The largest absolute Gasteiger partial charge is 0.413 e. The van der Waals surface area contributed by atoms with Crippen molar-refractivity contribution in [2.75, 3.05) is 38.5 Å². The molecule has 1 unspecified atom stereocenters. The molecule has 0 saturated heterocycles. The van der Waals surface area contributed by atoms with E-state index >= 15 is 0 Å². The molecule has 2 rings (SSSR count). The minimum atomic E-state index is -3.34. The highest BCUT2D eigenvalue weighted by atomic mass is 31.2. The molecule has 0 saturated carbocycles. The van der Waals surface area contributed by atoms with Crippen molar-refractivity contribution in [2.45, 2.75) is 58.9 Å². The average Bonchev–Trinajstić information content (AvgIpc) is 3.10. The van der Waals surface area contributed by atoms with Crippen LogP contribution in [0.3, 0.4) is 0 Å². The summed E-state index contributed by atoms with van der Waals surface area (Å²) in [4.78, 5) is 18.4. The number of nitrogens with zero attached hydrogens (tertiary/aromatic N) is 4. The van der Waals surface area contributed by atoms with E-state index in [4.69, 9.17) is 28.8 Å². The number of anilines is 1. The number of nitrogen functional groups attached to an aromatic ring is 1. The summed E-state index contributed by atoms with van der Waals surface area (Å²) in [6, 6.07) is 0. The Morgan fingerprint density at radius 1 is 1.12 bits per heavy atom. The van der Waals surface area contributed by atoms with Crippen LogP contribution in [0.4, 0.5) is 5.82 Å². The summed E-state index contributed by atoms with van der Waals surface area (Å²) in [5.41, 5.74) is 6.74. The lowest BCUT2D eigenvalue weighted by molar-refractivity contribution is -0.0379. The molecule has 0 fully saturated rings. The van der Waals surface area contributed by atoms with Gasteiger partial charge in [0.2, 0.25) is 5.65 Å². The average molecular weight is 490 g/mol. The predicted molar refractivity (Wildman–Crippen MR) is 125 cm³/mol. The Morgan fingerprint density at radius 2 is 1.78 bits per heavy atom. The fourth-order valence-electron chi connectivity index (χ4n) is 2.50. The molecule has 2 N–H and O–H groups in total. The van der Waals surface area contributed by atoms with Crippen LogP contribution in [0.25, 0.3) is 11.2 Å². The summed E-state index contributed by atoms with van der Waals surface area (Å²) in [5, 5.41) is 0.0292. The molecule has 2 aromatic heterocycles. The number of nitrogens with two attached hydrogens (primary N) is 1. The normalized spacial score (nSPS) is 14.1. The van der Waals surface area contributed by atoms with Crippen LogP contribution in [0.2, 0.25) is 18.1 Å². The monoisotopic (exact) mass is 489 g/mol.